The van der Waals surface area contributed by atoms with Gasteiger partial charge in [-0.15, -0.1) is 4.68 Å². The van der Waals surface area contributed by atoms with E-state index in [0.29, 0.717) is 24.7 Å². The van der Waals surface area contributed by atoms with E-state index in [1.165, 1.54) is 0 Å². The second kappa shape index (κ2) is 9.35. The first-order valence-electron chi connectivity index (χ1n) is 10.4. The number of methoxy groups -OCH3 is 1. The largest absolute Gasteiger partial charge is 0.493 e. The monoisotopic (exact) mass is 440 g/mol. The van der Waals surface area contributed by atoms with Gasteiger partial charge in [0.25, 0.3) is 6.33 Å². The topological polar surface area (TPSA) is 86.0 Å². The highest BCUT2D eigenvalue weighted by Crippen LogP contribution is 2.29. The maximum atomic E-state index is 6.06. The number of hydrogen-bond donors (Lipinski definition) is 1. The molecule has 0 amide bonds. The van der Waals surface area contributed by atoms with E-state index in [2.05, 4.69) is 26.6 Å². The van der Waals surface area contributed by atoms with Gasteiger partial charge in [0.2, 0.25) is 0 Å². The zero-order chi connectivity index (χ0) is 22.5. The molecule has 164 valence electrons. The third kappa shape index (κ3) is 4.74. The van der Waals surface area contributed by atoms with E-state index in [1.54, 1.807) is 18.1 Å². The maximum absolute atomic E-state index is 6.06. The summed E-state index contributed by atoms with van der Waals surface area (Å²) >= 11 is 0. The molecule has 0 radical (unpaired) electrons. The average Bonchev–Trinajstić information content (AvgIpc) is 3.41. The fourth-order valence-corrected chi connectivity index (χ4v) is 3.46. The van der Waals surface area contributed by atoms with E-state index in [0.717, 1.165) is 33.6 Å². The summed E-state index contributed by atoms with van der Waals surface area (Å²) in [6.07, 6.45) is 1.58. The van der Waals surface area contributed by atoms with Crippen LogP contribution in [0.1, 0.15) is 11.3 Å². The van der Waals surface area contributed by atoms with Crippen LogP contribution in [0.4, 0.5) is 0 Å². The number of para-hydroxylation sites is 1. The Morgan fingerprint density at radius 2 is 1.79 bits per heavy atom. The molecule has 8 heteroatoms. The zero-order valence-electron chi connectivity index (χ0n) is 18.0. The van der Waals surface area contributed by atoms with Crippen molar-refractivity contribution in [1.82, 2.24) is 20.5 Å². The molecule has 0 saturated carbocycles. The molecule has 5 rings (SSSR count). The van der Waals surface area contributed by atoms with Crippen LogP contribution >= 0.6 is 0 Å². The summed E-state index contributed by atoms with van der Waals surface area (Å²) < 4.78 is 19.2. The second-order valence-corrected chi connectivity index (χ2v) is 7.36. The standard InChI is InChI=1S/C25H21N5O3/c1-31-24-12-11-21(30-17-26-28-29-30)14-25(24)33-15-18-5-4-7-22(13-18)32-16-20-10-9-19-6-2-3-8-23(19)27-20/h2-14,17H,15-16H2,1H3/p+1. The molecule has 0 fully saturated rings. The molecule has 0 atom stereocenters. The van der Waals surface area contributed by atoms with Gasteiger partial charge in [0, 0.05) is 11.5 Å². The van der Waals surface area contributed by atoms with Crippen LogP contribution in [0.2, 0.25) is 0 Å². The molecule has 0 aliphatic heterocycles. The fourth-order valence-electron chi connectivity index (χ4n) is 3.46. The molecular formula is C25H22N5O3+. The molecule has 0 unspecified atom stereocenters. The van der Waals surface area contributed by atoms with E-state index in [-0.39, 0.29) is 0 Å². The van der Waals surface area contributed by atoms with Gasteiger partial charge in [-0.05, 0) is 42.0 Å². The lowest BCUT2D eigenvalue weighted by Gasteiger charge is -2.12. The number of H-pyrrole nitrogens is 1. The van der Waals surface area contributed by atoms with Gasteiger partial charge in [-0.2, -0.15) is 0 Å². The molecule has 0 aliphatic rings. The van der Waals surface area contributed by atoms with Gasteiger partial charge in [0.05, 0.1) is 18.3 Å². The van der Waals surface area contributed by atoms with Gasteiger partial charge >= 0.3 is 0 Å². The lowest BCUT2D eigenvalue weighted by Crippen LogP contribution is -2.31. The van der Waals surface area contributed by atoms with Crippen LogP contribution < -0.4 is 18.9 Å². The number of aromatic nitrogens is 5. The highest BCUT2D eigenvalue weighted by molar-refractivity contribution is 5.78. The highest BCUT2D eigenvalue weighted by Gasteiger charge is 2.11. The third-order valence-electron chi connectivity index (χ3n) is 5.14. The number of benzene rings is 3. The van der Waals surface area contributed by atoms with Crippen LogP contribution in [-0.4, -0.2) is 27.6 Å². The summed E-state index contributed by atoms with van der Waals surface area (Å²) in [5, 5.41) is 11.4. The predicted octanol–water partition coefficient (Wildman–Crippen LogP) is 3.80. The average molecular weight is 440 g/mol. The summed E-state index contributed by atoms with van der Waals surface area (Å²) in [7, 11) is 1.61. The Hall–Kier alpha value is -4.46. The van der Waals surface area contributed by atoms with Gasteiger partial charge < -0.3 is 14.2 Å². The number of fused-ring (bicyclic) bond motifs is 1. The SMILES string of the molecule is COc1ccc(-[n+]2cnn[nH]2)cc1OCc1cccc(OCc2ccc3ccccc3n2)c1. The van der Waals surface area contributed by atoms with Crippen molar-refractivity contribution in [3.05, 3.63) is 96.4 Å². The predicted molar refractivity (Wildman–Crippen MR) is 121 cm³/mol. The van der Waals surface area contributed by atoms with Crippen molar-refractivity contribution in [2.24, 2.45) is 0 Å². The Morgan fingerprint density at radius 1 is 0.848 bits per heavy atom. The summed E-state index contributed by atoms with van der Waals surface area (Å²) in [5.74, 6) is 2.01. The number of rotatable bonds is 8. The Bertz CT molecular complexity index is 1370. The Balaban J connectivity index is 1.26. The van der Waals surface area contributed by atoms with Gasteiger partial charge in [-0.25, -0.2) is 4.98 Å². The molecule has 0 spiro atoms. The minimum Gasteiger partial charge on any atom is -0.493 e. The van der Waals surface area contributed by atoms with E-state index >= 15 is 0 Å². The van der Waals surface area contributed by atoms with Crippen LogP contribution in [0.15, 0.2) is 85.2 Å². The van der Waals surface area contributed by atoms with Crippen molar-refractivity contribution in [2.75, 3.05) is 7.11 Å². The molecule has 3 aromatic carbocycles. The highest BCUT2D eigenvalue weighted by atomic mass is 16.5. The third-order valence-corrected chi connectivity index (χ3v) is 5.14. The smallest absolute Gasteiger partial charge is 0.293 e. The van der Waals surface area contributed by atoms with Gasteiger partial charge in [-0.3, -0.25) is 0 Å². The number of nitrogens with zero attached hydrogens (tertiary/aromatic N) is 4. The van der Waals surface area contributed by atoms with E-state index < -0.39 is 0 Å². The van der Waals surface area contributed by atoms with Gasteiger partial charge in [0.1, 0.15) is 29.7 Å². The Kier molecular flexibility index (Phi) is 5.79. The van der Waals surface area contributed by atoms with Crippen LogP contribution in [0.5, 0.6) is 17.2 Å². The molecule has 2 heterocycles. The summed E-state index contributed by atoms with van der Waals surface area (Å²) in [4.78, 5) is 4.66. The molecule has 0 aliphatic carbocycles. The molecule has 0 bridgehead atoms. The number of pyridine rings is 1. The first-order chi connectivity index (χ1) is 16.3. The van der Waals surface area contributed by atoms with Crippen LogP contribution in [0.25, 0.3) is 16.6 Å². The Labute approximate surface area is 190 Å². The minimum atomic E-state index is 0.358. The number of ether oxygens (including phenoxy) is 3. The molecule has 33 heavy (non-hydrogen) atoms. The fraction of sp³-hybridized carbons (Fsp3) is 0.120. The number of aromatic amines is 1. The quantitative estimate of drug-likeness (QED) is 0.370. The second-order valence-electron chi connectivity index (χ2n) is 7.36. The van der Waals surface area contributed by atoms with E-state index in [4.69, 9.17) is 14.2 Å². The number of nitrogens with one attached hydrogen (secondary N) is 1. The van der Waals surface area contributed by atoms with E-state index in [9.17, 15) is 0 Å². The lowest BCUT2D eigenvalue weighted by atomic mass is 10.2. The summed E-state index contributed by atoms with van der Waals surface area (Å²) in [6.45, 7) is 0.748. The van der Waals surface area contributed by atoms with Gasteiger partial charge in [-0.1, -0.05) is 41.6 Å². The van der Waals surface area contributed by atoms with Crippen LogP contribution in [-0.2, 0) is 13.2 Å². The van der Waals surface area contributed by atoms with Crippen molar-refractivity contribution in [3.8, 4) is 22.9 Å². The minimum absolute atomic E-state index is 0.358. The molecule has 2 aromatic heterocycles. The molecule has 0 saturated heterocycles. The van der Waals surface area contributed by atoms with E-state index in [1.807, 2.05) is 72.8 Å². The zero-order valence-corrected chi connectivity index (χ0v) is 18.0. The van der Waals surface area contributed by atoms with Crippen molar-refractivity contribution >= 4 is 10.9 Å². The van der Waals surface area contributed by atoms with Crippen molar-refractivity contribution < 1.29 is 18.9 Å². The summed E-state index contributed by atoms with van der Waals surface area (Å²) in [6, 6.07) is 25.5. The lowest BCUT2D eigenvalue weighted by molar-refractivity contribution is -0.660. The normalized spacial score (nSPS) is 10.8. The maximum Gasteiger partial charge on any atom is 0.293 e. The molecular weight excluding hydrogens is 418 g/mol. The Morgan fingerprint density at radius 3 is 2.67 bits per heavy atom. The van der Waals surface area contributed by atoms with Crippen LogP contribution in [0, 0.1) is 0 Å². The van der Waals surface area contributed by atoms with Crippen molar-refractivity contribution in [1.29, 1.82) is 0 Å². The van der Waals surface area contributed by atoms with Crippen molar-refractivity contribution in [2.45, 2.75) is 13.2 Å². The summed E-state index contributed by atoms with van der Waals surface area (Å²) in [5.41, 5.74) is 3.64. The number of hydrogen-bond acceptors (Lipinski definition) is 6. The van der Waals surface area contributed by atoms with Crippen LogP contribution in [0.3, 0.4) is 0 Å². The van der Waals surface area contributed by atoms with Gasteiger partial charge in [0.15, 0.2) is 16.7 Å². The molecule has 1 N–H and O–H groups in total. The number of tetrazole rings is 1. The first kappa shape index (κ1) is 20.4. The molecule has 8 nitrogen and oxygen atoms in total. The van der Waals surface area contributed by atoms with Crippen molar-refractivity contribution in [3.63, 3.8) is 0 Å². The molecule has 5 aromatic rings. The first-order valence-corrected chi connectivity index (χ1v) is 10.4.